The summed E-state index contributed by atoms with van der Waals surface area (Å²) in [5.41, 5.74) is 1.75. The van der Waals surface area contributed by atoms with Crippen molar-refractivity contribution in [1.82, 2.24) is 14.7 Å². The molecule has 1 aliphatic heterocycles. The van der Waals surface area contributed by atoms with Gasteiger partial charge in [-0.2, -0.15) is 10.2 Å². The molecule has 0 unspecified atom stereocenters. The zero-order valence-electron chi connectivity index (χ0n) is 21.1. The van der Waals surface area contributed by atoms with Crippen LogP contribution in [0.5, 0.6) is 17.4 Å². The van der Waals surface area contributed by atoms with Crippen molar-refractivity contribution in [2.45, 2.75) is 25.3 Å². The van der Waals surface area contributed by atoms with E-state index < -0.39 is 15.4 Å². The topological polar surface area (TPSA) is 117 Å². The van der Waals surface area contributed by atoms with Crippen molar-refractivity contribution in [2.75, 3.05) is 36.7 Å². The van der Waals surface area contributed by atoms with E-state index in [2.05, 4.69) is 20.8 Å². The smallest absolute Gasteiger partial charge is 0.228 e. The van der Waals surface area contributed by atoms with Gasteiger partial charge in [-0.15, -0.1) is 11.6 Å². The van der Waals surface area contributed by atoms with Gasteiger partial charge in [0.15, 0.2) is 5.75 Å². The summed E-state index contributed by atoms with van der Waals surface area (Å²) in [4.78, 5) is 10.6. The van der Waals surface area contributed by atoms with E-state index in [9.17, 15) is 13.7 Å². The third-order valence-electron chi connectivity index (χ3n) is 6.17. The molecule has 0 atom stereocenters. The number of rotatable bonds is 10. The number of nitrogens with one attached hydrogen (secondary N) is 1. The lowest BCUT2D eigenvalue weighted by atomic mass is 9.77. The zero-order valence-corrected chi connectivity index (χ0v) is 23.4. The number of benzene rings is 2. The molecule has 0 aliphatic carbocycles. The number of nitriles is 1. The van der Waals surface area contributed by atoms with Crippen molar-refractivity contribution in [1.29, 1.82) is 5.26 Å². The van der Waals surface area contributed by atoms with E-state index >= 15 is 0 Å². The van der Waals surface area contributed by atoms with Crippen LogP contribution >= 0.6 is 23.2 Å². The maximum absolute atomic E-state index is 11.4. The van der Waals surface area contributed by atoms with Gasteiger partial charge in [-0.1, -0.05) is 37.6 Å². The van der Waals surface area contributed by atoms with Crippen LogP contribution in [0.15, 0.2) is 48.7 Å². The number of halogens is 2. The minimum atomic E-state index is -3.25. The summed E-state index contributed by atoms with van der Waals surface area (Å²) in [6, 6.07) is 14.8. The number of sulfonamides is 1. The van der Waals surface area contributed by atoms with Crippen molar-refractivity contribution in [3.8, 4) is 23.4 Å². The van der Waals surface area contributed by atoms with E-state index in [0.717, 1.165) is 17.4 Å². The van der Waals surface area contributed by atoms with Gasteiger partial charge in [0, 0.05) is 30.8 Å². The van der Waals surface area contributed by atoms with Crippen LogP contribution in [0, 0.1) is 11.3 Å². The second kappa shape index (κ2) is 11.3. The minimum Gasteiger partial charge on any atom is -0.489 e. The molecule has 0 spiro atoms. The highest BCUT2D eigenvalue weighted by Crippen LogP contribution is 2.39. The van der Waals surface area contributed by atoms with Crippen LogP contribution < -0.4 is 19.1 Å². The Morgan fingerprint density at radius 2 is 1.89 bits per heavy atom. The Kier molecular flexibility index (Phi) is 8.33. The standard InChI is InChI=1S/C26H27Cl2N5O4S/c1-26(2,19-12-17(14-29)24(22(28)13-19)36-11-9-27)18-4-6-21(7-5-18)37-23-8-10-30-25(31-23)33-15-20(16-33)32-38(3,34)35/h4-8,10,12-13,20,32H,9,11,15-16H2,1-3H3. The molecule has 1 N–H and O–H groups in total. The predicted octanol–water partition coefficient (Wildman–Crippen LogP) is 4.48. The fourth-order valence-electron chi connectivity index (χ4n) is 4.11. The van der Waals surface area contributed by atoms with Crippen molar-refractivity contribution in [3.05, 3.63) is 70.4 Å². The number of hydrogen-bond donors (Lipinski definition) is 1. The van der Waals surface area contributed by atoms with Gasteiger partial charge in [0.1, 0.15) is 18.4 Å². The lowest BCUT2D eigenvalue weighted by Gasteiger charge is -2.38. The molecule has 1 saturated heterocycles. The van der Waals surface area contributed by atoms with Crippen molar-refractivity contribution < 1.29 is 17.9 Å². The summed E-state index contributed by atoms with van der Waals surface area (Å²) in [5.74, 6) is 2.06. The number of aromatic nitrogens is 2. The Labute approximate surface area is 232 Å². The number of nitrogens with zero attached hydrogens (tertiary/aromatic N) is 4. The van der Waals surface area contributed by atoms with Crippen LogP contribution in [-0.2, 0) is 15.4 Å². The van der Waals surface area contributed by atoms with Gasteiger partial charge >= 0.3 is 0 Å². The molecule has 9 nitrogen and oxygen atoms in total. The molecule has 0 amide bonds. The first-order chi connectivity index (χ1) is 18.0. The monoisotopic (exact) mass is 575 g/mol. The third-order valence-corrected chi connectivity index (χ3v) is 7.37. The molecule has 3 aromatic rings. The van der Waals surface area contributed by atoms with E-state index in [4.69, 9.17) is 32.7 Å². The first-order valence-corrected chi connectivity index (χ1v) is 14.6. The summed E-state index contributed by atoms with van der Waals surface area (Å²) in [7, 11) is -3.25. The SMILES string of the molecule is CC(C)(c1ccc(Oc2ccnc(N3CC(NS(C)(=O)=O)C3)n2)cc1)c1cc(Cl)c(OCCCl)c(C#N)c1. The molecule has 4 rings (SSSR count). The van der Waals surface area contributed by atoms with Crippen LogP contribution in [-0.4, -0.2) is 56.3 Å². The van der Waals surface area contributed by atoms with Gasteiger partial charge in [-0.3, -0.25) is 0 Å². The largest absolute Gasteiger partial charge is 0.489 e. The maximum atomic E-state index is 11.4. The molecule has 1 aliphatic rings. The van der Waals surface area contributed by atoms with E-state index in [1.54, 1.807) is 18.3 Å². The lowest BCUT2D eigenvalue weighted by Crippen LogP contribution is -2.59. The van der Waals surface area contributed by atoms with Crippen LogP contribution in [0.4, 0.5) is 5.95 Å². The van der Waals surface area contributed by atoms with Gasteiger partial charge in [-0.05, 0) is 35.4 Å². The summed E-state index contributed by atoms with van der Waals surface area (Å²) in [5, 5.41) is 9.99. The minimum absolute atomic E-state index is 0.164. The van der Waals surface area contributed by atoms with Crippen LogP contribution in [0.2, 0.25) is 5.02 Å². The van der Waals surface area contributed by atoms with E-state index in [-0.39, 0.29) is 12.6 Å². The number of alkyl halides is 1. The van der Waals surface area contributed by atoms with Gasteiger partial charge in [0.05, 0.1) is 28.8 Å². The summed E-state index contributed by atoms with van der Waals surface area (Å²) in [6.45, 7) is 5.32. The zero-order chi connectivity index (χ0) is 27.5. The fourth-order valence-corrected chi connectivity index (χ4v) is 5.22. The van der Waals surface area contributed by atoms with Crippen molar-refractivity contribution >= 4 is 39.2 Å². The predicted molar refractivity (Wildman–Crippen MR) is 147 cm³/mol. The Bertz CT molecular complexity index is 1450. The Morgan fingerprint density at radius 1 is 1.18 bits per heavy atom. The molecule has 38 heavy (non-hydrogen) atoms. The highest BCUT2D eigenvalue weighted by molar-refractivity contribution is 7.88. The van der Waals surface area contributed by atoms with Gasteiger partial charge in [-0.25, -0.2) is 18.1 Å². The van der Waals surface area contributed by atoms with Crippen LogP contribution in [0.3, 0.4) is 0 Å². The molecule has 0 radical (unpaired) electrons. The number of anilines is 1. The Hall–Kier alpha value is -3.10. The van der Waals surface area contributed by atoms with Gasteiger partial charge in [0.2, 0.25) is 21.9 Å². The fraction of sp³-hybridized carbons (Fsp3) is 0.346. The quantitative estimate of drug-likeness (QED) is 0.352. The molecule has 200 valence electrons. The molecule has 1 aromatic heterocycles. The molecule has 0 saturated carbocycles. The van der Waals surface area contributed by atoms with Crippen LogP contribution in [0.25, 0.3) is 0 Å². The van der Waals surface area contributed by atoms with E-state index in [1.165, 1.54) is 0 Å². The van der Waals surface area contributed by atoms with Crippen LogP contribution in [0.1, 0.15) is 30.5 Å². The van der Waals surface area contributed by atoms with Gasteiger partial charge < -0.3 is 14.4 Å². The molecule has 1 fully saturated rings. The molecule has 2 aromatic carbocycles. The first kappa shape index (κ1) is 27.9. The molecular weight excluding hydrogens is 549 g/mol. The normalized spacial score (nSPS) is 14.1. The van der Waals surface area contributed by atoms with Crippen molar-refractivity contribution in [3.63, 3.8) is 0 Å². The van der Waals surface area contributed by atoms with E-state index in [0.29, 0.717) is 52.9 Å². The number of hydrogen-bond acceptors (Lipinski definition) is 8. The number of ether oxygens (including phenoxy) is 2. The average Bonchev–Trinajstić information content (AvgIpc) is 2.84. The Balaban J connectivity index is 1.46. The molecular formula is C26H27Cl2N5O4S. The average molecular weight is 577 g/mol. The molecule has 12 heteroatoms. The molecule has 2 heterocycles. The first-order valence-electron chi connectivity index (χ1n) is 11.8. The third kappa shape index (κ3) is 6.48. The summed E-state index contributed by atoms with van der Waals surface area (Å²) >= 11 is 12.2. The molecule has 0 bridgehead atoms. The maximum Gasteiger partial charge on any atom is 0.228 e. The lowest BCUT2D eigenvalue weighted by molar-refractivity contribution is 0.341. The second-order valence-corrected chi connectivity index (χ2v) is 12.0. The van der Waals surface area contributed by atoms with Crippen molar-refractivity contribution in [2.24, 2.45) is 0 Å². The van der Waals surface area contributed by atoms with Gasteiger partial charge in [0.25, 0.3) is 0 Å². The highest BCUT2D eigenvalue weighted by Gasteiger charge is 2.31. The Morgan fingerprint density at radius 3 is 2.53 bits per heavy atom. The van der Waals surface area contributed by atoms with E-state index in [1.807, 2.05) is 49.1 Å². The summed E-state index contributed by atoms with van der Waals surface area (Å²) in [6.07, 6.45) is 2.74. The highest BCUT2D eigenvalue weighted by atomic mass is 35.5. The summed E-state index contributed by atoms with van der Waals surface area (Å²) < 4.78 is 36.9. The second-order valence-electron chi connectivity index (χ2n) is 9.42.